The Balaban J connectivity index is 2.11. The van der Waals surface area contributed by atoms with Gasteiger partial charge in [0, 0.05) is 17.5 Å². The van der Waals surface area contributed by atoms with E-state index in [1.54, 1.807) is 0 Å². The molecule has 0 spiro atoms. The smallest absolute Gasteiger partial charge is 0.475 e. The summed E-state index contributed by atoms with van der Waals surface area (Å²) in [5, 5.41) is 18.1. The van der Waals surface area contributed by atoms with Crippen LogP contribution in [0.15, 0.2) is 17.7 Å². The molecule has 0 saturated carbocycles. The molecular formula is C18H16ClF3N2O12. The highest BCUT2D eigenvalue weighted by molar-refractivity contribution is 6.30. The second-order valence-corrected chi connectivity index (χ2v) is 7.34. The van der Waals surface area contributed by atoms with Gasteiger partial charge in [0.2, 0.25) is 12.4 Å². The van der Waals surface area contributed by atoms with Crippen LogP contribution in [-0.4, -0.2) is 60.2 Å². The number of hydrogen-bond donors (Lipinski definition) is 0. The molecule has 18 heteroatoms. The van der Waals surface area contributed by atoms with Crippen molar-refractivity contribution in [1.29, 1.82) is 0 Å². The van der Waals surface area contributed by atoms with Crippen LogP contribution in [0.2, 0.25) is 5.02 Å². The number of carbonyl (C=O) groups is 2. The van der Waals surface area contributed by atoms with Crippen molar-refractivity contribution in [2.24, 2.45) is 0 Å². The summed E-state index contributed by atoms with van der Waals surface area (Å²) in [5.74, 6) is -1.71. The molecule has 1 aromatic carbocycles. The molecule has 1 aromatic rings. The molecule has 0 radical (unpaired) electrons. The van der Waals surface area contributed by atoms with Gasteiger partial charge in [-0.05, 0) is 30.7 Å². The molecular weight excluding hydrogens is 529 g/mol. The Morgan fingerprint density at radius 2 is 1.69 bits per heavy atom. The van der Waals surface area contributed by atoms with Crippen molar-refractivity contribution in [1.82, 2.24) is 0 Å². The van der Waals surface area contributed by atoms with Gasteiger partial charge in [0.25, 0.3) is 10.2 Å². The van der Waals surface area contributed by atoms with Crippen LogP contribution >= 0.6 is 11.6 Å². The van der Waals surface area contributed by atoms with E-state index in [1.807, 2.05) is 0 Å². The van der Waals surface area contributed by atoms with Crippen molar-refractivity contribution >= 4 is 29.8 Å². The van der Waals surface area contributed by atoms with Gasteiger partial charge in [-0.15, -0.1) is 20.2 Å². The predicted octanol–water partition coefficient (Wildman–Crippen LogP) is 3.18. The molecule has 36 heavy (non-hydrogen) atoms. The average molecular weight is 545 g/mol. The summed E-state index contributed by atoms with van der Waals surface area (Å²) in [6.07, 6.45) is -12.1. The Labute approximate surface area is 203 Å². The first-order valence-electron chi connectivity index (χ1n) is 9.55. The molecule has 0 saturated heterocycles. The van der Waals surface area contributed by atoms with Gasteiger partial charge in [0.15, 0.2) is 6.10 Å². The number of benzene rings is 1. The fourth-order valence-electron chi connectivity index (χ4n) is 2.80. The molecule has 0 amide bonds. The molecule has 1 unspecified atom stereocenters. The number of nitrogens with zero attached hydrogens (tertiary/aromatic N) is 2. The number of esters is 1. The minimum Gasteiger partial charge on any atom is -0.475 e. The zero-order valence-corrected chi connectivity index (χ0v) is 18.9. The molecule has 1 heterocycles. The lowest BCUT2D eigenvalue weighted by Crippen LogP contribution is -2.41. The van der Waals surface area contributed by atoms with Gasteiger partial charge in [-0.2, -0.15) is 13.2 Å². The number of halogens is 4. The molecule has 0 fully saturated rings. The average Bonchev–Trinajstić information content (AvgIpc) is 2.73. The third-order valence-electron chi connectivity index (χ3n) is 4.16. The molecule has 2 atom stereocenters. The highest BCUT2D eigenvalue weighted by Crippen LogP contribution is 2.40. The van der Waals surface area contributed by atoms with Crippen LogP contribution < -0.4 is 4.74 Å². The van der Waals surface area contributed by atoms with Crippen LogP contribution in [0.25, 0.3) is 6.08 Å². The van der Waals surface area contributed by atoms with Crippen LogP contribution in [0.1, 0.15) is 18.1 Å². The maximum atomic E-state index is 13.6. The van der Waals surface area contributed by atoms with Crippen LogP contribution in [0.5, 0.6) is 5.75 Å². The number of alkyl halides is 3. The minimum absolute atomic E-state index is 0.0693. The van der Waals surface area contributed by atoms with Gasteiger partial charge in [-0.3, -0.25) is 0 Å². The number of fused-ring (bicyclic) bond motifs is 1. The van der Waals surface area contributed by atoms with E-state index in [0.717, 1.165) is 13.0 Å². The van der Waals surface area contributed by atoms with Gasteiger partial charge in [0.1, 0.15) is 19.0 Å². The monoisotopic (exact) mass is 544 g/mol. The summed E-state index contributed by atoms with van der Waals surface area (Å²) in [6, 6.07) is 2.63. The molecule has 0 N–H and O–H groups in total. The van der Waals surface area contributed by atoms with Crippen molar-refractivity contribution in [3.8, 4) is 5.75 Å². The van der Waals surface area contributed by atoms with E-state index in [-0.39, 0.29) is 21.9 Å². The second kappa shape index (κ2) is 11.6. The Morgan fingerprint density at radius 1 is 1.11 bits per heavy atom. The molecule has 14 nitrogen and oxygen atoms in total. The highest BCUT2D eigenvalue weighted by Gasteiger charge is 2.49. The Hall–Kier alpha value is -4.02. The lowest BCUT2D eigenvalue weighted by atomic mass is 9.99. The Bertz CT molecular complexity index is 1050. The summed E-state index contributed by atoms with van der Waals surface area (Å²) in [5.41, 5.74) is -0.622. The topological polar surface area (TPSA) is 176 Å². The zero-order chi connectivity index (χ0) is 27.2. The Kier molecular flexibility index (Phi) is 9.10. The van der Waals surface area contributed by atoms with Gasteiger partial charge < -0.3 is 28.6 Å². The molecule has 2 rings (SSSR count). The quantitative estimate of drug-likeness (QED) is 0.182. The number of carbonyl (C=O) groups excluding carboxylic acids is 2. The predicted molar refractivity (Wildman–Crippen MR) is 107 cm³/mol. The van der Waals surface area contributed by atoms with Crippen molar-refractivity contribution in [2.75, 3.05) is 13.2 Å². The number of ether oxygens (including phenoxy) is 4. The van der Waals surface area contributed by atoms with E-state index >= 15 is 0 Å². The first-order chi connectivity index (χ1) is 16.7. The second-order valence-electron chi connectivity index (χ2n) is 6.90. The molecule has 1 aliphatic heterocycles. The first kappa shape index (κ1) is 28.2. The van der Waals surface area contributed by atoms with Crippen molar-refractivity contribution in [3.05, 3.63) is 54.1 Å². The zero-order valence-electron chi connectivity index (χ0n) is 18.2. The Morgan fingerprint density at radius 3 is 2.22 bits per heavy atom. The molecule has 0 aliphatic carbocycles. The highest BCUT2D eigenvalue weighted by atomic mass is 35.5. The van der Waals surface area contributed by atoms with E-state index < -0.39 is 65.8 Å². The summed E-state index contributed by atoms with van der Waals surface area (Å²) in [4.78, 5) is 52.7. The van der Waals surface area contributed by atoms with Crippen LogP contribution in [-0.2, 0) is 28.7 Å². The summed E-state index contributed by atoms with van der Waals surface area (Å²) in [7, 11) is 0. The maximum Gasteiger partial charge on any atom is 0.511 e. The van der Waals surface area contributed by atoms with E-state index in [9.17, 15) is 43.0 Å². The minimum atomic E-state index is -5.03. The normalized spacial score (nSPS) is 15.5. The van der Waals surface area contributed by atoms with Gasteiger partial charge >= 0.3 is 18.3 Å². The number of rotatable bonds is 10. The lowest BCUT2D eigenvalue weighted by Gasteiger charge is -2.29. The van der Waals surface area contributed by atoms with Gasteiger partial charge in [-0.25, -0.2) is 9.59 Å². The lowest BCUT2D eigenvalue weighted by molar-refractivity contribution is -0.768. The number of aryl methyl sites for hydroxylation is 1. The van der Waals surface area contributed by atoms with E-state index in [2.05, 4.69) is 19.1 Å². The van der Waals surface area contributed by atoms with Crippen LogP contribution in [0, 0.1) is 27.2 Å². The van der Waals surface area contributed by atoms with E-state index in [0.29, 0.717) is 0 Å². The molecule has 198 valence electrons. The van der Waals surface area contributed by atoms with Crippen LogP contribution in [0.4, 0.5) is 18.0 Å². The van der Waals surface area contributed by atoms with E-state index in [4.69, 9.17) is 21.1 Å². The molecule has 0 aromatic heterocycles. The van der Waals surface area contributed by atoms with Crippen molar-refractivity contribution in [2.45, 2.75) is 38.5 Å². The first-order valence-corrected chi connectivity index (χ1v) is 9.93. The summed E-state index contributed by atoms with van der Waals surface area (Å²) >= 11 is 5.91. The SMILES string of the molecule is Cc1cc(Cl)cc2c1O[C@H](C(F)(F)F)C(C(=O)OC(C)OC(=O)OC(CO[N+](=O)[O-])CO[N+](=O)[O-])=C2. The van der Waals surface area contributed by atoms with Crippen molar-refractivity contribution in [3.63, 3.8) is 0 Å². The number of hydrogen-bond acceptors (Lipinski definition) is 12. The fourth-order valence-corrected chi connectivity index (χ4v) is 3.09. The molecule has 1 aliphatic rings. The van der Waals surface area contributed by atoms with Gasteiger partial charge in [0.05, 0.1) is 5.57 Å². The third kappa shape index (κ3) is 8.03. The van der Waals surface area contributed by atoms with Gasteiger partial charge in [-0.1, -0.05) is 11.6 Å². The maximum absolute atomic E-state index is 13.6. The standard InChI is InChI=1S/C18H16ClF3N2O12/c1-8-3-11(19)4-10-5-13(15(18(20,21)22)36-14(8)10)16(25)33-9(2)34-17(26)35-12(6-31-23(27)28)7-32-24(29)30/h3-5,9,12,15H,6-7H2,1-2H3/t9?,15-/m0/s1. The largest absolute Gasteiger partial charge is 0.511 e. The third-order valence-corrected chi connectivity index (χ3v) is 4.38. The fraction of sp³-hybridized carbons (Fsp3) is 0.444. The van der Waals surface area contributed by atoms with E-state index in [1.165, 1.54) is 19.1 Å². The van der Waals surface area contributed by atoms with Crippen LogP contribution in [0.3, 0.4) is 0 Å². The van der Waals surface area contributed by atoms with Crippen molar-refractivity contribution < 1.29 is 61.6 Å². The molecule has 0 bridgehead atoms. The summed E-state index contributed by atoms with van der Waals surface area (Å²) < 4.78 is 59.6. The summed E-state index contributed by atoms with van der Waals surface area (Å²) in [6.45, 7) is 0.431.